The van der Waals surface area contributed by atoms with Crippen molar-refractivity contribution in [2.24, 2.45) is 0 Å². The highest BCUT2D eigenvalue weighted by atomic mass is 35.5. The van der Waals surface area contributed by atoms with E-state index >= 15 is 0 Å². The Morgan fingerprint density at radius 3 is 2.49 bits per heavy atom. The number of hydrogen-bond donors (Lipinski definition) is 1. The Bertz CT molecular complexity index is 1320. The third-order valence-corrected chi connectivity index (χ3v) is 6.82. The smallest absolute Gasteiger partial charge is 0.257 e. The van der Waals surface area contributed by atoms with Gasteiger partial charge in [-0.1, -0.05) is 41.6 Å². The van der Waals surface area contributed by atoms with E-state index in [2.05, 4.69) is 15.2 Å². The number of nitrogens with zero attached hydrogens (tertiary/aromatic N) is 3. The molecule has 0 saturated carbocycles. The molecule has 1 fully saturated rings. The molecular formula is C26H23ClN4O3S. The van der Waals surface area contributed by atoms with Gasteiger partial charge >= 0.3 is 0 Å². The number of hydrogen-bond acceptors (Lipinski definition) is 6. The number of fused-ring (bicyclic) bond motifs is 1. The number of nitrogens with one attached hydrogen (secondary N) is 1. The Morgan fingerprint density at radius 2 is 1.74 bits per heavy atom. The van der Waals surface area contributed by atoms with Crippen LogP contribution < -0.4 is 10.2 Å². The summed E-state index contributed by atoms with van der Waals surface area (Å²) in [7, 11) is 0. The van der Waals surface area contributed by atoms with Crippen LogP contribution in [0.15, 0.2) is 82.4 Å². The lowest BCUT2D eigenvalue weighted by molar-refractivity contribution is -0.113. The van der Waals surface area contributed by atoms with Crippen molar-refractivity contribution in [1.82, 2.24) is 9.88 Å². The van der Waals surface area contributed by atoms with E-state index in [-0.39, 0.29) is 17.6 Å². The Balaban J connectivity index is 1.11. The van der Waals surface area contributed by atoms with Gasteiger partial charge < -0.3 is 19.5 Å². The van der Waals surface area contributed by atoms with E-state index in [1.54, 1.807) is 24.3 Å². The van der Waals surface area contributed by atoms with Gasteiger partial charge in [0.15, 0.2) is 5.58 Å². The van der Waals surface area contributed by atoms with Crippen molar-refractivity contribution >= 4 is 57.7 Å². The molecule has 2 amide bonds. The van der Waals surface area contributed by atoms with Gasteiger partial charge in [0.05, 0.1) is 5.75 Å². The number of benzene rings is 3. The molecule has 3 aromatic carbocycles. The SMILES string of the molecule is O=C(CSc1nc2ccccc2o1)Nc1ccc(N2CCN(C(=O)c3cccc(Cl)c3)CC2)cc1. The largest absolute Gasteiger partial charge is 0.431 e. The van der Waals surface area contributed by atoms with E-state index in [4.69, 9.17) is 16.0 Å². The Labute approximate surface area is 212 Å². The monoisotopic (exact) mass is 506 g/mol. The maximum absolute atomic E-state index is 12.7. The fourth-order valence-corrected chi connectivity index (χ4v) is 4.79. The highest BCUT2D eigenvalue weighted by molar-refractivity contribution is 7.99. The van der Waals surface area contributed by atoms with Crippen molar-refractivity contribution in [3.63, 3.8) is 0 Å². The van der Waals surface area contributed by atoms with E-state index in [0.29, 0.717) is 34.5 Å². The number of thioether (sulfide) groups is 1. The van der Waals surface area contributed by atoms with Gasteiger partial charge in [0.1, 0.15) is 5.52 Å². The maximum atomic E-state index is 12.7. The first-order chi connectivity index (χ1) is 17.0. The quantitative estimate of drug-likeness (QED) is 0.363. The molecule has 2 heterocycles. The van der Waals surface area contributed by atoms with Crippen LogP contribution in [0.5, 0.6) is 0 Å². The molecule has 0 unspecified atom stereocenters. The van der Waals surface area contributed by atoms with Gasteiger partial charge in [0, 0.05) is 48.1 Å². The molecule has 7 nitrogen and oxygen atoms in total. The summed E-state index contributed by atoms with van der Waals surface area (Å²) < 4.78 is 5.64. The van der Waals surface area contributed by atoms with E-state index in [9.17, 15) is 9.59 Å². The molecule has 0 radical (unpaired) electrons. The van der Waals surface area contributed by atoms with Crippen molar-refractivity contribution in [3.8, 4) is 0 Å². The van der Waals surface area contributed by atoms with Crippen molar-refractivity contribution in [2.45, 2.75) is 5.22 Å². The molecule has 0 bridgehead atoms. The molecule has 1 aliphatic heterocycles. The van der Waals surface area contributed by atoms with Crippen molar-refractivity contribution in [1.29, 1.82) is 0 Å². The molecule has 35 heavy (non-hydrogen) atoms. The zero-order chi connectivity index (χ0) is 24.2. The number of para-hydroxylation sites is 2. The van der Waals surface area contributed by atoms with Crippen LogP contribution in [0, 0.1) is 0 Å². The molecule has 178 valence electrons. The fourth-order valence-electron chi connectivity index (χ4n) is 3.96. The number of piperazine rings is 1. The fraction of sp³-hybridized carbons (Fsp3) is 0.192. The number of halogens is 1. The minimum absolute atomic E-state index is 0.000859. The van der Waals surface area contributed by atoms with E-state index in [1.165, 1.54) is 11.8 Å². The van der Waals surface area contributed by atoms with Crippen LogP contribution in [-0.4, -0.2) is 53.6 Å². The van der Waals surface area contributed by atoms with E-state index < -0.39 is 0 Å². The first-order valence-corrected chi connectivity index (χ1v) is 12.6. The van der Waals surface area contributed by atoms with E-state index in [1.807, 2.05) is 53.4 Å². The summed E-state index contributed by atoms with van der Waals surface area (Å²) in [6, 6.07) is 22.3. The lowest BCUT2D eigenvalue weighted by Crippen LogP contribution is -2.48. The molecule has 0 spiro atoms. The summed E-state index contributed by atoms with van der Waals surface area (Å²) in [5.41, 5.74) is 3.88. The normalized spacial score (nSPS) is 13.7. The molecule has 1 aromatic heterocycles. The predicted molar refractivity (Wildman–Crippen MR) is 139 cm³/mol. The second-order valence-electron chi connectivity index (χ2n) is 8.12. The van der Waals surface area contributed by atoms with Gasteiger partial charge in [-0.15, -0.1) is 0 Å². The summed E-state index contributed by atoms with van der Waals surface area (Å²) in [6.45, 7) is 2.74. The molecule has 1 saturated heterocycles. The average molecular weight is 507 g/mol. The minimum Gasteiger partial charge on any atom is -0.431 e. The molecule has 9 heteroatoms. The zero-order valence-electron chi connectivity index (χ0n) is 18.8. The number of oxazole rings is 1. The molecule has 0 aliphatic carbocycles. The van der Waals surface area contributed by atoms with Crippen molar-refractivity contribution in [3.05, 3.63) is 83.4 Å². The van der Waals surface area contributed by atoms with Crippen molar-refractivity contribution in [2.75, 3.05) is 42.1 Å². The van der Waals surface area contributed by atoms with Gasteiger partial charge in [0.25, 0.3) is 11.1 Å². The predicted octanol–water partition coefficient (Wildman–Crippen LogP) is 5.17. The van der Waals surface area contributed by atoms with Gasteiger partial charge in [-0.3, -0.25) is 9.59 Å². The van der Waals surface area contributed by atoms with Gasteiger partial charge in [0.2, 0.25) is 5.91 Å². The third kappa shape index (κ3) is 5.61. The lowest BCUT2D eigenvalue weighted by Gasteiger charge is -2.36. The molecule has 4 aromatic rings. The zero-order valence-corrected chi connectivity index (χ0v) is 20.4. The third-order valence-electron chi connectivity index (χ3n) is 5.76. The number of rotatable bonds is 6. The van der Waals surface area contributed by atoms with Crippen LogP contribution in [0.1, 0.15) is 10.4 Å². The van der Waals surface area contributed by atoms with E-state index in [0.717, 1.165) is 30.0 Å². The second kappa shape index (κ2) is 10.4. The van der Waals surface area contributed by atoms with Crippen molar-refractivity contribution < 1.29 is 14.0 Å². The summed E-state index contributed by atoms with van der Waals surface area (Å²) in [6.07, 6.45) is 0. The first-order valence-electron chi connectivity index (χ1n) is 11.2. The Morgan fingerprint density at radius 1 is 0.971 bits per heavy atom. The van der Waals surface area contributed by atoms with Gasteiger partial charge in [-0.05, 0) is 54.6 Å². The maximum Gasteiger partial charge on any atom is 0.257 e. The lowest BCUT2D eigenvalue weighted by atomic mass is 10.1. The number of carbonyl (C=O) groups excluding carboxylic acids is 2. The number of anilines is 2. The number of aromatic nitrogens is 1. The highest BCUT2D eigenvalue weighted by Gasteiger charge is 2.22. The van der Waals surface area contributed by atoms with Gasteiger partial charge in [-0.25, -0.2) is 4.98 Å². The van der Waals surface area contributed by atoms with Crippen LogP contribution in [0.4, 0.5) is 11.4 Å². The Kier molecular flexibility index (Phi) is 6.92. The second-order valence-corrected chi connectivity index (χ2v) is 9.48. The summed E-state index contributed by atoms with van der Waals surface area (Å²) in [5.74, 6) is 0.0797. The average Bonchev–Trinajstić information content (AvgIpc) is 3.31. The Hall–Kier alpha value is -3.49. The molecule has 1 aliphatic rings. The van der Waals surface area contributed by atoms with Crippen LogP contribution in [0.2, 0.25) is 5.02 Å². The highest BCUT2D eigenvalue weighted by Crippen LogP contribution is 2.24. The summed E-state index contributed by atoms with van der Waals surface area (Å²) in [4.78, 5) is 33.6. The van der Waals surface area contributed by atoms with Gasteiger partial charge in [-0.2, -0.15) is 0 Å². The summed E-state index contributed by atoms with van der Waals surface area (Å²) in [5, 5.41) is 3.95. The molecule has 5 rings (SSSR count). The molecular weight excluding hydrogens is 484 g/mol. The first kappa shape index (κ1) is 23.3. The molecule has 1 N–H and O–H groups in total. The van der Waals surface area contributed by atoms with Crippen LogP contribution >= 0.6 is 23.4 Å². The van der Waals surface area contributed by atoms with Crippen LogP contribution in [-0.2, 0) is 4.79 Å². The van der Waals surface area contributed by atoms with Crippen LogP contribution in [0.3, 0.4) is 0 Å². The number of carbonyl (C=O) groups is 2. The topological polar surface area (TPSA) is 78.7 Å². The van der Waals surface area contributed by atoms with Crippen LogP contribution in [0.25, 0.3) is 11.1 Å². The number of amides is 2. The molecule has 0 atom stereocenters. The summed E-state index contributed by atoms with van der Waals surface area (Å²) >= 11 is 7.29. The standard InChI is InChI=1S/C26H23ClN4O3S/c27-19-5-3-4-18(16-19)25(33)31-14-12-30(13-15-31)21-10-8-20(9-11-21)28-24(32)17-35-26-29-22-6-1-2-7-23(22)34-26/h1-11,16H,12-15,17H2,(H,28,32). The minimum atomic E-state index is -0.127.